The van der Waals surface area contributed by atoms with Crippen molar-refractivity contribution in [3.8, 4) is 0 Å². The Balaban J connectivity index is 2.05. The fourth-order valence-corrected chi connectivity index (χ4v) is 2.30. The number of hydrogen-bond acceptors (Lipinski definition) is 4. The number of nitrogens with one attached hydrogen (secondary N) is 1. The lowest BCUT2D eigenvalue weighted by Crippen LogP contribution is -2.55. The summed E-state index contributed by atoms with van der Waals surface area (Å²) in [6, 6.07) is 5.11. The fourth-order valence-electron chi connectivity index (χ4n) is 2.30. The van der Waals surface area contributed by atoms with Crippen LogP contribution in [0.1, 0.15) is 17.3 Å². The van der Waals surface area contributed by atoms with Gasteiger partial charge in [-0.05, 0) is 19.1 Å². The van der Waals surface area contributed by atoms with Gasteiger partial charge in [0.05, 0.1) is 19.8 Å². The second-order valence-electron chi connectivity index (χ2n) is 4.89. The molecule has 0 radical (unpaired) electrons. The highest BCUT2D eigenvalue weighted by molar-refractivity contribution is 5.98. The second kappa shape index (κ2) is 7.28. The van der Waals surface area contributed by atoms with Crippen molar-refractivity contribution in [3.05, 3.63) is 35.6 Å². The van der Waals surface area contributed by atoms with E-state index < -0.39 is 11.9 Å². The molecule has 2 rings (SSSR count). The van der Waals surface area contributed by atoms with Crippen LogP contribution in [0.25, 0.3) is 0 Å². The van der Waals surface area contributed by atoms with Gasteiger partial charge in [-0.25, -0.2) is 4.39 Å². The predicted molar refractivity (Wildman–Crippen MR) is 75.6 cm³/mol. The number of likely N-dealkylation sites (N-methyl/N-ethyl adjacent to an activating group) is 1. The summed E-state index contributed by atoms with van der Waals surface area (Å²) in [6.07, 6.45) is 0. The summed E-state index contributed by atoms with van der Waals surface area (Å²) in [6.45, 7) is 3.69. The van der Waals surface area contributed by atoms with E-state index in [2.05, 4.69) is 5.32 Å². The van der Waals surface area contributed by atoms with Crippen molar-refractivity contribution in [1.29, 1.82) is 0 Å². The Morgan fingerprint density at radius 3 is 3.00 bits per heavy atom. The first kappa shape index (κ1) is 15.6. The zero-order valence-electron chi connectivity index (χ0n) is 12.0. The van der Waals surface area contributed by atoms with Gasteiger partial charge in [-0.1, -0.05) is 12.1 Å². The molecule has 0 saturated carbocycles. The minimum absolute atomic E-state index is 0.0780. The van der Waals surface area contributed by atoms with Crippen LogP contribution in [0.4, 0.5) is 4.39 Å². The summed E-state index contributed by atoms with van der Waals surface area (Å²) in [5.41, 5.74) is 0.316. The molecule has 1 N–H and O–H groups in total. The fraction of sp³-hybridized carbons (Fsp3) is 0.467. The van der Waals surface area contributed by atoms with Crippen LogP contribution in [0, 0.1) is 5.82 Å². The van der Waals surface area contributed by atoms with E-state index in [4.69, 9.17) is 4.74 Å². The Morgan fingerprint density at radius 1 is 1.48 bits per heavy atom. The van der Waals surface area contributed by atoms with Gasteiger partial charge in [0.2, 0.25) is 5.91 Å². The van der Waals surface area contributed by atoms with Crippen LogP contribution in [0.5, 0.6) is 0 Å². The summed E-state index contributed by atoms with van der Waals surface area (Å²) in [5, 5.41) is 2.74. The third-order valence-corrected chi connectivity index (χ3v) is 3.39. The molecule has 0 aliphatic carbocycles. The highest BCUT2D eigenvalue weighted by Gasteiger charge is 2.30. The van der Waals surface area contributed by atoms with Crippen molar-refractivity contribution in [2.45, 2.75) is 13.0 Å². The van der Waals surface area contributed by atoms with Crippen LogP contribution in [0.15, 0.2) is 24.3 Å². The monoisotopic (exact) mass is 294 g/mol. The Bertz CT molecular complexity index is 521. The van der Waals surface area contributed by atoms with Crippen LogP contribution in [-0.2, 0) is 9.53 Å². The van der Waals surface area contributed by atoms with E-state index in [1.807, 2.05) is 6.92 Å². The molecule has 114 valence electrons. The highest BCUT2D eigenvalue weighted by Crippen LogP contribution is 2.11. The van der Waals surface area contributed by atoms with Crippen LogP contribution in [0.2, 0.25) is 0 Å². The number of ketones is 1. The molecule has 1 heterocycles. The lowest BCUT2D eigenvalue weighted by atomic mass is 10.1. The molecule has 0 bridgehead atoms. The van der Waals surface area contributed by atoms with Crippen molar-refractivity contribution in [1.82, 2.24) is 10.2 Å². The molecule has 1 saturated heterocycles. The molecule has 1 atom stereocenters. The first-order chi connectivity index (χ1) is 10.1. The van der Waals surface area contributed by atoms with Gasteiger partial charge >= 0.3 is 0 Å². The third-order valence-electron chi connectivity index (χ3n) is 3.39. The molecule has 0 aromatic heterocycles. The van der Waals surface area contributed by atoms with Crippen LogP contribution in [0.3, 0.4) is 0 Å². The van der Waals surface area contributed by atoms with Gasteiger partial charge < -0.3 is 10.1 Å². The molecular formula is C15H19FN2O3. The molecule has 21 heavy (non-hydrogen) atoms. The molecule has 0 spiro atoms. The standard InChI is InChI=1S/C15H19FN2O3/c1-2-17-15(20)13-10-21-7-6-18(13)9-14(19)11-4-3-5-12(16)8-11/h3-5,8,13H,2,6-7,9-10H2,1H3,(H,17,20). The average molecular weight is 294 g/mol. The molecule has 1 aliphatic rings. The van der Waals surface area contributed by atoms with Gasteiger partial charge in [-0.3, -0.25) is 14.5 Å². The number of carbonyl (C=O) groups excluding carboxylic acids is 2. The normalized spacial score (nSPS) is 19.2. The maximum Gasteiger partial charge on any atom is 0.239 e. The number of hydrogen-bond donors (Lipinski definition) is 1. The molecule has 1 fully saturated rings. The van der Waals surface area contributed by atoms with Crippen LogP contribution >= 0.6 is 0 Å². The molecule has 1 aromatic carbocycles. The van der Waals surface area contributed by atoms with E-state index in [0.717, 1.165) is 0 Å². The number of nitrogens with zero attached hydrogens (tertiary/aromatic N) is 1. The third kappa shape index (κ3) is 4.09. The van der Waals surface area contributed by atoms with Gasteiger partial charge in [0.25, 0.3) is 0 Å². The van der Waals surface area contributed by atoms with E-state index in [1.54, 1.807) is 11.0 Å². The summed E-state index contributed by atoms with van der Waals surface area (Å²) in [5.74, 6) is -0.793. The van der Waals surface area contributed by atoms with Gasteiger partial charge in [0, 0.05) is 18.7 Å². The number of Topliss-reactive ketones (excluding diaryl/α,β-unsaturated/α-hetero) is 1. The minimum atomic E-state index is -0.476. The highest BCUT2D eigenvalue weighted by atomic mass is 19.1. The van der Waals surface area contributed by atoms with Crippen molar-refractivity contribution >= 4 is 11.7 Å². The summed E-state index contributed by atoms with van der Waals surface area (Å²) in [4.78, 5) is 26.0. The quantitative estimate of drug-likeness (QED) is 0.818. The lowest BCUT2D eigenvalue weighted by Gasteiger charge is -2.33. The topological polar surface area (TPSA) is 58.6 Å². The van der Waals surface area contributed by atoms with E-state index in [-0.39, 0.29) is 24.8 Å². The molecule has 1 amide bonds. The summed E-state index contributed by atoms with van der Waals surface area (Å²) >= 11 is 0. The van der Waals surface area contributed by atoms with Crippen LogP contribution < -0.4 is 5.32 Å². The molecule has 6 heteroatoms. The second-order valence-corrected chi connectivity index (χ2v) is 4.89. The molecule has 1 aliphatic heterocycles. The van der Waals surface area contributed by atoms with Crippen molar-refractivity contribution < 1.29 is 18.7 Å². The van der Waals surface area contributed by atoms with Crippen molar-refractivity contribution in [2.24, 2.45) is 0 Å². The van der Waals surface area contributed by atoms with Gasteiger partial charge in [-0.15, -0.1) is 0 Å². The number of morpholine rings is 1. The number of carbonyl (C=O) groups is 2. The van der Waals surface area contributed by atoms with Crippen molar-refractivity contribution in [3.63, 3.8) is 0 Å². The first-order valence-electron chi connectivity index (χ1n) is 7.00. The minimum Gasteiger partial charge on any atom is -0.378 e. The van der Waals surface area contributed by atoms with E-state index in [9.17, 15) is 14.0 Å². The SMILES string of the molecule is CCNC(=O)C1COCCN1CC(=O)c1cccc(F)c1. The Kier molecular flexibility index (Phi) is 5.41. The first-order valence-corrected chi connectivity index (χ1v) is 7.00. The number of rotatable bonds is 5. The molecular weight excluding hydrogens is 275 g/mol. The van der Waals surface area contributed by atoms with Gasteiger partial charge in [-0.2, -0.15) is 0 Å². The number of halogens is 1. The largest absolute Gasteiger partial charge is 0.378 e. The lowest BCUT2D eigenvalue weighted by molar-refractivity contribution is -0.131. The maximum atomic E-state index is 13.2. The van der Waals surface area contributed by atoms with Crippen LogP contribution in [-0.4, -0.2) is 55.5 Å². The van der Waals surface area contributed by atoms with E-state index in [1.165, 1.54) is 18.2 Å². The van der Waals surface area contributed by atoms with Crippen molar-refractivity contribution in [2.75, 3.05) is 32.8 Å². The smallest absolute Gasteiger partial charge is 0.239 e. The summed E-state index contributed by atoms with van der Waals surface area (Å²) in [7, 11) is 0. The number of ether oxygens (including phenoxy) is 1. The predicted octanol–water partition coefficient (Wildman–Crippen LogP) is 0.845. The molecule has 5 nitrogen and oxygen atoms in total. The number of benzene rings is 1. The van der Waals surface area contributed by atoms with E-state index in [0.29, 0.717) is 25.3 Å². The Hall–Kier alpha value is -1.79. The Labute approximate surface area is 123 Å². The zero-order chi connectivity index (χ0) is 15.2. The average Bonchev–Trinajstić information content (AvgIpc) is 2.48. The van der Waals surface area contributed by atoms with Gasteiger partial charge in [0.1, 0.15) is 11.9 Å². The zero-order valence-corrected chi connectivity index (χ0v) is 12.0. The Morgan fingerprint density at radius 2 is 2.29 bits per heavy atom. The van der Waals surface area contributed by atoms with E-state index >= 15 is 0 Å². The molecule has 1 unspecified atom stereocenters. The summed E-state index contributed by atoms with van der Waals surface area (Å²) < 4.78 is 18.5. The maximum absolute atomic E-state index is 13.2. The van der Waals surface area contributed by atoms with Gasteiger partial charge in [0.15, 0.2) is 5.78 Å². The molecule has 1 aromatic rings. The number of amides is 1.